The van der Waals surface area contributed by atoms with Crippen LogP contribution in [0.15, 0.2) is 5.38 Å². The van der Waals surface area contributed by atoms with Crippen molar-refractivity contribution < 1.29 is 4.79 Å². The highest BCUT2D eigenvalue weighted by Gasteiger charge is 2.36. The van der Waals surface area contributed by atoms with Crippen molar-refractivity contribution in [2.75, 3.05) is 13.1 Å². The lowest BCUT2D eigenvalue weighted by Crippen LogP contribution is -2.48. The second-order valence-corrected chi connectivity index (χ2v) is 6.97. The van der Waals surface area contributed by atoms with Crippen molar-refractivity contribution in [3.8, 4) is 6.07 Å². The molecule has 1 aliphatic rings. The number of hydrogen-bond acceptors (Lipinski definition) is 5. The Morgan fingerprint density at radius 3 is 2.52 bits per heavy atom. The zero-order chi connectivity index (χ0) is 15.4. The summed E-state index contributed by atoms with van der Waals surface area (Å²) in [4.78, 5) is 19.5. The molecule has 0 aromatic carbocycles. The molecule has 2 atom stereocenters. The molecule has 1 aromatic rings. The molecule has 4 nitrogen and oxygen atoms in total. The highest BCUT2D eigenvalue weighted by atomic mass is 32.1. The summed E-state index contributed by atoms with van der Waals surface area (Å²) in [5.41, 5.74) is 0.877. The number of rotatable bonds is 5. The van der Waals surface area contributed by atoms with Crippen molar-refractivity contribution in [3.63, 3.8) is 0 Å². The first-order valence-corrected chi connectivity index (χ1v) is 8.52. The van der Waals surface area contributed by atoms with Gasteiger partial charge in [0, 0.05) is 11.1 Å². The first-order valence-electron chi connectivity index (χ1n) is 7.64. The molecule has 2 heterocycles. The van der Waals surface area contributed by atoms with Gasteiger partial charge in [0.2, 0.25) is 0 Å². The van der Waals surface area contributed by atoms with E-state index in [0.717, 1.165) is 31.6 Å². The normalized spacial score (nSPS) is 19.2. The zero-order valence-electron chi connectivity index (χ0n) is 13.0. The molecular weight excluding hydrogens is 282 g/mol. The van der Waals surface area contributed by atoms with Crippen LogP contribution < -0.4 is 0 Å². The Labute approximate surface area is 130 Å². The summed E-state index contributed by atoms with van der Waals surface area (Å²) < 4.78 is 0. The largest absolute Gasteiger partial charge is 0.296 e. The second-order valence-electron chi connectivity index (χ2n) is 6.08. The van der Waals surface area contributed by atoms with Gasteiger partial charge in [-0.3, -0.25) is 9.69 Å². The van der Waals surface area contributed by atoms with Gasteiger partial charge in [0.25, 0.3) is 0 Å². The van der Waals surface area contributed by atoms with Crippen LogP contribution in [-0.4, -0.2) is 34.8 Å². The van der Waals surface area contributed by atoms with Crippen molar-refractivity contribution >= 4 is 17.1 Å². The summed E-state index contributed by atoms with van der Waals surface area (Å²) in [5.74, 6) is -0.491. The minimum Gasteiger partial charge on any atom is -0.296 e. The Balaban J connectivity index is 2.22. The van der Waals surface area contributed by atoms with Crippen molar-refractivity contribution in [2.45, 2.75) is 52.0 Å². The molecular formula is C16H23N3OS. The van der Waals surface area contributed by atoms with Gasteiger partial charge in [0.1, 0.15) is 5.01 Å². The number of nitrogens with zero attached hydrogens (tertiary/aromatic N) is 3. The monoisotopic (exact) mass is 305 g/mol. The smallest absolute Gasteiger partial charge is 0.174 e. The summed E-state index contributed by atoms with van der Waals surface area (Å²) >= 11 is 1.41. The maximum atomic E-state index is 12.9. The average Bonchev–Trinajstić information content (AvgIpc) is 2.87. The van der Waals surface area contributed by atoms with Crippen molar-refractivity contribution in [1.82, 2.24) is 9.88 Å². The van der Waals surface area contributed by atoms with E-state index in [2.05, 4.69) is 29.8 Å². The van der Waals surface area contributed by atoms with Crippen LogP contribution in [0, 0.1) is 24.2 Å². The SMILES string of the molecule is Cc1csc([C@@H](C#N)C(=O)[C@@H](C(C)C)N2CCCCC2)n1. The lowest BCUT2D eigenvalue weighted by Gasteiger charge is -2.36. The molecule has 5 heteroatoms. The van der Waals surface area contributed by atoms with Gasteiger partial charge in [-0.2, -0.15) is 5.26 Å². The van der Waals surface area contributed by atoms with E-state index in [-0.39, 0.29) is 17.7 Å². The van der Waals surface area contributed by atoms with Crippen LogP contribution in [0.4, 0.5) is 0 Å². The minimum absolute atomic E-state index is 0.0174. The minimum atomic E-state index is -0.724. The topological polar surface area (TPSA) is 57.0 Å². The number of ketones is 1. The Bertz CT molecular complexity index is 526. The van der Waals surface area contributed by atoms with Gasteiger partial charge < -0.3 is 0 Å². The molecule has 1 aromatic heterocycles. The molecule has 0 bridgehead atoms. The van der Waals surface area contributed by atoms with E-state index in [0.29, 0.717) is 5.01 Å². The Hall–Kier alpha value is -1.25. The summed E-state index contributed by atoms with van der Waals surface area (Å²) in [6.07, 6.45) is 3.52. The van der Waals surface area contributed by atoms with Crippen LogP contribution >= 0.6 is 11.3 Å². The second kappa shape index (κ2) is 7.15. The number of likely N-dealkylation sites (tertiary alicyclic amines) is 1. The number of carbonyl (C=O) groups is 1. The third-order valence-corrected chi connectivity index (χ3v) is 5.03. The fourth-order valence-corrected chi connectivity index (χ4v) is 3.89. The van der Waals surface area contributed by atoms with Crippen molar-refractivity contribution in [2.24, 2.45) is 5.92 Å². The molecule has 1 saturated heterocycles. The maximum Gasteiger partial charge on any atom is 0.174 e. The van der Waals surface area contributed by atoms with Gasteiger partial charge in [-0.25, -0.2) is 4.98 Å². The predicted octanol–water partition coefficient (Wildman–Crippen LogP) is 3.14. The fraction of sp³-hybridized carbons (Fsp3) is 0.688. The molecule has 0 aliphatic carbocycles. The van der Waals surface area contributed by atoms with Gasteiger partial charge in [-0.15, -0.1) is 11.3 Å². The Morgan fingerprint density at radius 2 is 2.05 bits per heavy atom. The van der Waals surface area contributed by atoms with Crippen molar-refractivity contribution in [3.05, 3.63) is 16.1 Å². The number of aryl methyl sites for hydroxylation is 1. The number of Topliss-reactive ketones (excluding diaryl/α,β-unsaturated/α-hetero) is 1. The Kier molecular flexibility index (Phi) is 5.49. The van der Waals surface area contributed by atoms with E-state index in [4.69, 9.17) is 0 Å². The zero-order valence-corrected chi connectivity index (χ0v) is 13.8. The molecule has 2 rings (SSSR count). The van der Waals surface area contributed by atoms with E-state index in [1.54, 1.807) is 0 Å². The first kappa shape index (κ1) is 16.1. The number of thiazole rings is 1. The fourth-order valence-electron chi connectivity index (χ4n) is 3.04. The summed E-state index contributed by atoms with van der Waals surface area (Å²) in [5, 5.41) is 12.0. The molecule has 0 amide bonds. The van der Waals surface area contributed by atoms with Crippen LogP contribution in [0.2, 0.25) is 0 Å². The van der Waals surface area contributed by atoms with Gasteiger partial charge in [-0.1, -0.05) is 20.3 Å². The average molecular weight is 305 g/mol. The number of piperidine rings is 1. The lowest BCUT2D eigenvalue weighted by atomic mass is 9.89. The molecule has 0 unspecified atom stereocenters. The highest BCUT2D eigenvalue weighted by molar-refractivity contribution is 7.09. The van der Waals surface area contributed by atoms with Crippen molar-refractivity contribution in [1.29, 1.82) is 5.26 Å². The molecule has 0 spiro atoms. The number of aromatic nitrogens is 1. The van der Waals surface area contributed by atoms with E-state index in [9.17, 15) is 10.1 Å². The van der Waals surface area contributed by atoms with Gasteiger partial charge >= 0.3 is 0 Å². The molecule has 21 heavy (non-hydrogen) atoms. The van der Waals surface area contributed by atoms with E-state index in [1.807, 2.05) is 12.3 Å². The highest BCUT2D eigenvalue weighted by Crippen LogP contribution is 2.27. The predicted molar refractivity (Wildman–Crippen MR) is 84.3 cm³/mol. The summed E-state index contributed by atoms with van der Waals surface area (Å²) in [6, 6.07) is 2.01. The lowest BCUT2D eigenvalue weighted by molar-refractivity contribution is -0.126. The van der Waals surface area contributed by atoms with E-state index in [1.165, 1.54) is 17.8 Å². The van der Waals surface area contributed by atoms with E-state index >= 15 is 0 Å². The molecule has 0 saturated carbocycles. The first-order chi connectivity index (χ1) is 10.0. The van der Waals surface area contributed by atoms with Crippen LogP contribution in [0.5, 0.6) is 0 Å². The quantitative estimate of drug-likeness (QED) is 0.838. The molecule has 1 fully saturated rings. The van der Waals surface area contributed by atoms with Gasteiger partial charge in [-0.05, 0) is 38.8 Å². The van der Waals surface area contributed by atoms with Crippen LogP contribution in [0.1, 0.15) is 49.7 Å². The Morgan fingerprint density at radius 1 is 1.38 bits per heavy atom. The van der Waals surface area contributed by atoms with Gasteiger partial charge in [0.05, 0.1) is 12.1 Å². The molecule has 114 valence electrons. The van der Waals surface area contributed by atoms with E-state index < -0.39 is 5.92 Å². The van der Waals surface area contributed by atoms with Crippen LogP contribution in [0.3, 0.4) is 0 Å². The van der Waals surface area contributed by atoms with Crippen LogP contribution in [-0.2, 0) is 4.79 Å². The maximum absolute atomic E-state index is 12.9. The number of carbonyl (C=O) groups excluding carboxylic acids is 1. The third-order valence-electron chi connectivity index (χ3n) is 4.00. The van der Waals surface area contributed by atoms with Crippen LogP contribution in [0.25, 0.3) is 0 Å². The van der Waals surface area contributed by atoms with Gasteiger partial charge in [0.15, 0.2) is 11.7 Å². The number of nitriles is 1. The third kappa shape index (κ3) is 3.69. The molecule has 0 N–H and O–H groups in total. The standard InChI is InChI=1S/C16H23N3OS/c1-11(2)14(19-7-5-4-6-8-19)15(20)13(9-17)16-18-12(3)10-21-16/h10-11,13-14H,4-8H2,1-3H3/t13-,14+/m0/s1. The summed E-state index contributed by atoms with van der Waals surface area (Å²) in [6.45, 7) is 7.95. The number of hydrogen-bond donors (Lipinski definition) is 0. The summed E-state index contributed by atoms with van der Waals surface area (Å²) in [7, 11) is 0. The molecule has 1 aliphatic heterocycles. The molecule has 0 radical (unpaired) electrons.